The quantitative estimate of drug-likeness (QED) is 0.418. The molecule has 0 fully saturated rings. The van der Waals surface area contributed by atoms with Crippen LogP contribution >= 0.6 is 0 Å². The first-order valence-corrected chi connectivity index (χ1v) is 7.89. The lowest BCUT2D eigenvalue weighted by molar-refractivity contribution is 0.576. The van der Waals surface area contributed by atoms with Gasteiger partial charge in [-0.15, -0.1) is 0 Å². The summed E-state index contributed by atoms with van der Waals surface area (Å²) in [4.78, 5) is 6.63. The minimum absolute atomic E-state index is 0.576. The second-order valence-corrected chi connectivity index (χ2v) is 5.84. The number of aliphatic imine (C=N–C) groups is 1. The third-order valence-electron chi connectivity index (χ3n) is 3.41. The number of nitrogens with one attached hydrogen (secondary N) is 1. The Bertz CT molecular complexity index is 401. The van der Waals surface area contributed by atoms with Crippen LogP contribution in [0, 0.1) is 5.92 Å². The lowest BCUT2D eigenvalue weighted by atomic mass is 10.1. The smallest absolute Gasteiger partial charge is 0.188 e. The highest BCUT2D eigenvalue weighted by atomic mass is 15.1. The van der Waals surface area contributed by atoms with Crippen molar-refractivity contribution in [3.63, 3.8) is 0 Å². The zero-order valence-corrected chi connectivity index (χ0v) is 13.7. The number of nitrogens with zero attached hydrogens (tertiary/aromatic N) is 2. The van der Waals surface area contributed by atoms with Crippen LogP contribution in [0.4, 0.5) is 5.69 Å². The van der Waals surface area contributed by atoms with Crippen LogP contribution in [0.3, 0.4) is 0 Å². The summed E-state index contributed by atoms with van der Waals surface area (Å²) in [6.45, 7) is 7.16. The number of benzene rings is 1. The van der Waals surface area contributed by atoms with Crippen molar-refractivity contribution in [1.82, 2.24) is 5.32 Å². The fourth-order valence-electron chi connectivity index (χ4n) is 2.02. The van der Waals surface area contributed by atoms with Gasteiger partial charge in [0, 0.05) is 32.4 Å². The summed E-state index contributed by atoms with van der Waals surface area (Å²) in [5.41, 5.74) is 7.08. The van der Waals surface area contributed by atoms with Crippen LogP contribution in [0.2, 0.25) is 0 Å². The lowest BCUT2D eigenvalue weighted by Crippen LogP contribution is -2.33. The summed E-state index contributed by atoms with van der Waals surface area (Å²) >= 11 is 0. The number of hydrogen-bond acceptors (Lipinski definition) is 2. The number of unbranched alkanes of at least 4 members (excludes halogenated alkanes) is 1. The highest BCUT2D eigenvalue weighted by Gasteiger charge is 1.99. The van der Waals surface area contributed by atoms with Gasteiger partial charge in [0.15, 0.2) is 5.96 Å². The SMILES string of the molecule is CC(C)CCNC(N)=NCCCCN(C)c1ccccc1. The Morgan fingerprint density at radius 2 is 1.95 bits per heavy atom. The average molecular weight is 290 g/mol. The largest absolute Gasteiger partial charge is 0.375 e. The zero-order valence-electron chi connectivity index (χ0n) is 13.7. The molecule has 3 N–H and O–H groups in total. The molecule has 0 aliphatic heterocycles. The maximum atomic E-state index is 5.82. The predicted molar refractivity (Wildman–Crippen MR) is 92.9 cm³/mol. The maximum absolute atomic E-state index is 5.82. The number of rotatable bonds is 9. The average Bonchev–Trinajstić information content (AvgIpc) is 2.47. The van der Waals surface area contributed by atoms with Gasteiger partial charge in [-0.1, -0.05) is 32.0 Å². The zero-order chi connectivity index (χ0) is 15.5. The van der Waals surface area contributed by atoms with Crippen LogP contribution in [-0.4, -0.2) is 32.6 Å². The monoisotopic (exact) mass is 290 g/mol. The van der Waals surface area contributed by atoms with Crippen molar-refractivity contribution in [1.29, 1.82) is 0 Å². The molecule has 0 unspecified atom stereocenters. The summed E-state index contributed by atoms with van der Waals surface area (Å²) in [5.74, 6) is 1.27. The van der Waals surface area contributed by atoms with Gasteiger partial charge in [0.25, 0.3) is 0 Å². The molecule has 0 aliphatic rings. The Morgan fingerprint density at radius 3 is 2.62 bits per heavy atom. The molecule has 1 aromatic carbocycles. The van der Waals surface area contributed by atoms with Crippen LogP contribution in [-0.2, 0) is 0 Å². The number of hydrogen-bond donors (Lipinski definition) is 2. The normalized spacial score (nSPS) is 11.7. The third-order valence-corrected chi connectivity index (χ3v) is 3.41. The Kier molecular flexibility index (Phi) is 8.32. The highest BCUT2D eigenvalue weighted by molar-refractivity contribution is 5.77. The van der Waals surface area contributed by atoms with E-state index in [4.69, 9.17) is 5.73 Å². The molecule has 0 aliphatic carbocycles. The van der Waals surface area contributed by atoms with E-state index < -0.39 is 0 Å². The van der Waals surface area contributed by atoms with Gasteiger partial charge in [-0.25, -0.2) is 0 Å². The van der Waals surface area contributed by atoms with Gasteiger partial charge in [-0.2, -0.15) is 0 Å². The fraction of sp³-hybridized carbons (Fsp3) is 0.588. The van der Waals surface area contributed by atoms with Crippen LogP contribution in [0.1, 0.15) is 33.1 Å². The molecule has 1 rings (SSSR count). The molecule has 1 aromatic rings. The fourth-order valence-corrected chi connectivity index (χ4v) is 2.02. The van der Waals surface area contributed by atoms with Gasteiger partial charge in [0.1, 0.15) is 0 Å². The molecule has 0 heterocycles. The first-order valence-electron chi connectivity index (χ1n) is 7.89. The van der Waals surface area contributed by atoms with E-state index in [2.05, 4.69) is 60.4 Å². The third kappa shape index (κ3) is 8.23. The van der Waals surface area contributed by atoms with Crippen molar-refractivity contribution in [2.24, 2.45) is 16.6 Å². The van der Waals surface area contributed by atoms with E-state index in [1.165, 1.54) is 5.69 Å². The Hall–Kier alpha value is -1.71. The van der Waals surface area contributed by atoms with Crippen molar-refractivity contribution < 1.29 is 0 Å². The van der Waals surface area contributed by atoms with Gasteiger partial charge in [0.2, 0.25) is 0 Å². The van der Waals surface area contributed by atoms with Crippen molar-refractivity contribution in [3.05, 3.63) is 30.3 Å². The molecule has 0 atom stereocenters. The molecule has 0 bridgehead atoms. The molecule has 0 radical (unpaired) electrons. The molecule has 0 spiro atoms. The maximum Gasteiger partial charge on any atom is 0.188 e. The van der Waals surface area contributed by atoms with Gasteiger partial charge in [-0.3, -0.25) is 4.99 Å². The van der Waals surface area contributed by atoms with Crippen LogP contribution in [0.5, 0.6) is 0 Å². The Labute approximate surface area is 129 Å². The van der Waals surface area contributed by atoms with Crippen LogP contribution < -0.4 is 16.0 Å². The molecule has 0 aromatic heterocycles. The molecule has 4 heteroatoms. The van der Waals surface area contributed by atoms with Gasteiger partial charge in [0.05, 0.1) is 0 Å². The van der Waals surface area contributed by atoms with Gasteiger partial charge >= 0.3 is 0 Å². The molecule has 0 saturated carbocycles. The van der Waals surface area contributed by atoms with Crippen molar-refractivity contribution >= 4 is 11.6 Å². The summed E-state index contributed by atoms with van der Waals surface area (Å²) in [6.07, 6.45) is 3.30. The summed E-state index contributed by atoms with van der Waals surface area (Å²) in [7, 11) is 2.13. The number of anilines is 1. The second-order valence-electron chi connectivity index (χ2n) is 5.84. The van der Waals surface area contributed by atoms with Crippen LogP contribution in [0.25, 0.3) is 0 Å². The minimum Gasteiger partial charge on any atom is -0.375 e. The van der Waals surface area contributed by atoms with E-state index in [0.717, 1.165) is 38.9 Å². The summed E-state index contributed by atoms with van der Waals surface area (Å²) in [5, 5.41) is 3.16. The number of para-hydroxylation sites is 1. The molecule has 118 valence electrons. The lowest BCUT2D eigenvalue weighted by Gasteiger charge is -2.18. The van der Waals surface area contributed by atoms with E-state index in [0.29, 0.717) is 11.9 Å². The first kappa shape index (κ1) is 17.3. The van der Waals surface area contributed by atoms with Gasteiger partial charge in [-0.05, 0) is 37.3 Å². The molecule has 0 amide bonds. The van der Waals surface area contributed by atoms with Crippen molar-refractivity contribution in [2.45, 2.75) is 33.1 Å². The molecular formula is C17H30N4. The highest BCUT2D eigenvalue weighted by Crippen LogP contribution is 2.11. The van der Waals surface area contributed by atoms with Gasteiger partial charge < -0.3 is 16.0 Å². The summed E-state index contributed by atoms with van der Waals surface area (Å²) < 4.78 is 0. The van der Waals surface area contributed by atoms with Crippen LogP contribution in [0.15, 0.2) is 35.3 Å². The second kappa shape index (κ2) is 10.1. The van der Waals surface area contributed by atoms with E-state index in [-0.39, 0.29) is 0 Å². The van der Waals surface area contributed by atoms with Crippen molar-refractivity contribution in [2.75, 3.05) is 31.6 Å². The summed E-state index contributed by atoms with van der Waals surface area (Å²) in [6, 6.07) is 10.4. The molecular weight excluding hydrogens is 260 g/mol. The predicted octanol–water partition coefficient (Wildman–Crippen LogP) is 2.85. The number of nitrogens with two attached hydrogens (primary N) is 1. The van der Waals surface area contributed by atoms with E-state index in [1.54, 1.807) is 0 Å². The Balaban J connectivity index is 2.11. The molecule has 0 saturated heterocycles. The van der Waals surface area contributed by atoms with Crippen molar-refractivity contribution in [3.8, 4) is 0 Å². The minimum atomic E-state index is 0.576. The molecule has 21 heavy (non-hydrogen) atoms. The van der Waals surface area contributed by atoms with E-state index >= 15 is 0 Å². The Morgan fingerprint density at radius 1 is 1.24 bits per heavy atom. The van der Waals surface area contributed by atoms with E-state index in [9.17, 15) is 0 Å². The van der Waals surface area contributed by atoms with E-state index in [1.807, 2.05) is 6.07 Å². The first-order chi connectivity index (χ1) is 10.1. The number of guanidine groups is 1. The topological polar surface area (TPSA) is 53.6 Å². The molecule has 4 nitrogen and oxygen atoms in total. The standard InChI is InChI=1S/C17H30N4/c1-15(2)11-13-20-17(18)19-12-7-8-14-21(3)16-9-5-4-6-10-16/h4-6,9-10,15H,7-8,11-14H2,1-3H3,(H3,18,19,20).